The third kappa shape index (κ3) is 1.08. The Morgan fingerprint density at radius 3 is 3.09 bits per heavy atom. The lowest BCUT2D eigenvalue weighted by atomic mass is 9.69. The second-order valence-electron chi connectivity index (χ2n) is 4.07. The number of halogens is 1. The minimum absolute atomic E-state index is 0.0538. The Morgan fingerprint density at radius 2 is 2.36 bits per heavy atom. The molecule has 1 N–H and O–H groups in total. The van der Waals surface area contributed by atoms with Crippen molar-refractivity contribution >= 4 is 0 Å². The highest BCUT2D eigenvalue weighted by atomic mass is 19.1. The van der Waals surface area contributed by atoms with E-state index in [4.69, 9.17) is 0 Å². The molecule has 0 spiro atoms. The molecule has 2 aliphatic rings. The predicted molar refractivity (Wildman–Crippen MR) is 43.2 cm³/mol. The highest BCUT2D eigenvalue weighted by molar-refractivity contribution is 4.96. The summed E-state index contributed by atoms with van der Waals surface area (Å²) in [5.41, 5.74) is 0.0538. The van der Waals surface area contributed by atoms with Crippen LogP contribution in [0.5, 0.6) is 0 Å². The maximum atomic E-state index is 12.8. The Labute approximate surface area is 67.4 Å². The van der Waals surface area contributed by atoms with Crippen LogP contribution in [-0.2, 0) is 0 Å². The van der Waals surface area contributed by atoms with Crippen LogP contribution in [-0.4, -0.2) is 19.8 Å². The molecule has 1 aliphatic heterocycles. The fourth-order valence-corrected chi connectivity index (χ4v) is 2.65. The molecule has 2 heteroatoms. The van der Waals surface area contributed by atoms with Gasteiger partial charge in [-0.1, -0.05) is 12.8 Å². The van der Waals surface area contributed by atoms with Crippen LogP contribution in [0.3, 0.4) is 0 Å². The summed E-state index contributed by atoms with van der Waals surface area (Å²) in [4.78, 5) is 0. The van der Waals surface area contributed by atoms with E-state index in [0.29, 0.717) is 5.92 Å². The maximum Gasteiger partial charge on any atom is 0.0965 e. The molecule has 2 atom stereocenters. The average Bonchev–Trinajstić information content (AvgIpc) is 2.48. The van der Waals surface area contributed by atoms with E-state index in [1.807, 2.05) is 0 Å². The van der Waals surface area contributed by atoms with Crippen molar-refractivity contribution in [1.29, 1.82) is 0 Å². The van der Waals surface area contributed by atoms with Crippen LogP contribution in [0.15, 0.2) is 0 Å². The standard InChI is InChI=1S/C9H16FN/c10-6-9-4-2-1-3-8(9)5-11-7-9/h8,11H,1-7H2/t8-,9-/m0/s1. The van der Waals surface area contributed by atoms with Gasteiger partial charge in [0.15, 0.2) is 0 Å². The molecule has 1 nitrogen and oxygen atoms in total. The number of nitrogens with one attached hydrogen (secondary N) is 1. The minimum atomic E-state index is -0.106. The van der Waals surface area contributed by atoms with Crippen LogP contribution in [0.1, 0.15) is 25.7 Å². The molecule has 11 heavy (non-hydrogen) atoms. The highest BCUT2D eigenvalue weighted by Crippen LogP contribution is 2.43. The third-order valence-electron chi connectivity index (χ3n) is 3.48. The first kappa shape index (κ1) is 7.53. The van der Waals surface area contributed by atoms with E-state index in [2.05, 4.69) is 5.32 Å². The molecule has 1 heterocycles. The molecule has 1 saturated heterocycles. The molecule has 0 aromatic rings. The second kappa shape index (κ2) is 2.74. The normalized spacial score (nSPS) is 43.9. The summed E-state index contributed by atoms with van der Waals surface area (Å²) in [6.45, 7) is 1.88. The highest BCUT2D eigenvalue weighted by Gasteiger charge is 2.44. The van der Waals surface area contributed by atoms with E-state index in [1.54, 1.807) is 0 Å². The first-order valence-corrected chi connectivity index (χ1v) is 4.64. The van der Waals surface area contributed by atoms with Crippen LogP contribution in [0.25, 0.3) is 0 Å². The molecular weight excluding hydrogens is 141 g/mol. The number of hydrogen-bond acceptors (Lipinski definition) is 1. The van der Waals surface area contributed by atoms with E-state index in [-0.39, 0.29) is 12.1 Å². The van der Waals surface area contributed by atoms with Crippen molar-refractivity contribution in [3.05, 3.63) is 0 Å². The molecule has 64 valence electrons. The molecule has 2 rings (SSSR count). The number of rotatable bonds is 1. The van der Waals surface area contributed by atoms with E-state index in [0.717, 1.165) is 19.5 Å². The topological polar surface area (TPSA) is 12.0 Å². The summed E-state index contributed by atoms with van der Waals surface area (Å²) in [5, 5.41) is 3.32. The van der Waals surface area contributed by atoms with Gasteiger partial charge in [0.25, 0.3) is 0 Å². The van der Waals surface area contributed by atoms with Gasteiger partial charge in [0.05, 0.1) is 6.67 Å². The van der Waals surface area contributed by atoms with Crippen LogP contribution < -0.4 is 5.32 Å². The quantitative estimate of drug-likeness (QED) is 0.611. The van der Waals surface area contributed by atoms with E-state index in [1.165, 1.54) is 19.3 Å². The number of alkyl halides is 1. The van der Waals surface area contributed by atoms with Crippen molar-refractivity contribution in [1.82, 2.24) is 5.32 Å². The Hall–Kier alpha value is -0.110. The van der Waals surface area contributed by atoms with E-state index < -0.39 is 0 Å². The predicted octanol–water partition coefficient (Wildman–Crippen LogP) is 1.74. The first-order chi connectivity index (χ1) is 5.37. The monoisotopic (exact) mass is 157 g/mol. The van der Waals surface area contributed by atoms with Crippen LogP contribution in [0.4, 0.5) is 4.39 Å². The molecule has 0 aromatic heterocycles. The molecule has 2 fully saturated rings. The van der Waals surface area contributed by atoms with Gasteiger partial charge < -0.3 is 5.32 Å². The van der Waals surface area contributed by atoms with Crippen molar-refractivity contribution in [3.8, 4) is 0 Å². The van der Waals surface area contributed by atoms with Gasteiger partial charge in [0, 0.05) is 12.0 Å². The van der Waals surface area contributed by atoms with Crippen molar-refractivity contribution in [2.75, 3.05) is 19.8 Å². The van der Waals surface area contributed by atoms with Crippen LogP contribution in [0, 0.1) is 11.3 Å². The number of hydrogen-bond donors (Lipinski definition) is 1. The Balaban J connectivity index is 2.12. The molecule has 1 aliphatic carbocycles. The van der Waals surface area contributed by atoms with Crippen molar-refractivity contribution < 1.29 is 4.39 Å². The maximum absolute atomic E-state index is 12.8. The summed E-state index contributed by atoms with van der Waals surface area (Å²) in [7, 11) is 0. The van der Waals surface area contributed by atoms with Gasteiger partial charge in [0.2, 0.25) is 0 Å². The van der Waals surface area contributed by atoms with Gasteiger partial charge in [-0.25, -0.2) is 0 Å². The smallest absolute Gasteiger partial charge is 0.0965 e. The molecule has 0 amide bonds. The van der Waals surface area contributed by atoms with Gasteiger partial charge in [-0.05, 0) is 25.3 Å². The molecule has 1 saturated carbocycles. The minimum Gasteiger partial charge on any atom is -0.316 e. The third-order valence-corrected chi connectivity index (χ3v) is 3.48. The zero-order valence-electron chi connectivity index (χ0n) is 6.91. The van der Waals surface area contributed by atoms with E-state index >= 15 is 0 Å². The van der Waals surface area contributed by atoms with Gasteiger partial charge in [-0.2, -0.15) is 0 Å². The van der Waals surface area contributed by atoms with Gasteiger partial charge in [-0.3, -0.25) is 4.39 Å². The molecular formula is C9H16FN. The van der Waals surface area contributed by atoms with Gasteiger partial charge >= 0.3 is 0 Å². The largest absolute Gasteiger partial charge is 0.316 e. The zero-order chi connectivity index (χ0) is 7.73. The van der Waals surface area contributed by atoms with Crippen molar-refractivity contribution in [2.45, 2.75) is 25.7 Å². The van der Waals surface area contributed by atoms with Gasteiger partial charge in [-0.15, -0.1) is 0 Å². The van der Waals surface area contributed by atoms with Crippen molar-refractivity contribution in [3.63, 3.8) is 0 Å². The fourth-order valence-electron chi connectivity index (χ4n) is 2.65. The number of fused-ring (bicyclic) bond motifs is 1. The summed E-state index contributed by atoms with van der Waals surface area (Å²) < 4.78 is 12.8. The molecule has 0 unspecified atom stereocenters. The summed E-state index contributed by atoms with van der Waals surface area (Å²) in [5.74, 6) is 0.640. The first-order valence-electron chi connectivity index (χ1n) is 4.64. The Morgan fingerprint density at radius 1 is 1.45 bits per heavy atom. The van der Waals surface area contributed by atoms with Crippen LogP contribution >= 0.6 is 0 Å². The fraction of sp³-hybridized carbons (Fsp3) is 1.00. The Kier molecular flexibility index (Phi) is 1.88. The SMILES string of the molecule is FC[C@]12CCCC[C@H]1CNC2. The summed E-state index contributed by atoms with van der Waals surface area (Å²) in [6, 6.07) is 0. The lowest BCUT2D eigenvalue weighted by Crippen LogP contribution is -2.35. The lowest BCUT2D eigenvalue weighted by molar-refractivity contribution is 0.109. The zero-order valence-corrected chi connectivity index (χ0v) is 6.91. The van der Waals surface area contributed by atoms with Gasteiger partial charge in [0.1, 0.15) is 0 Å². The summed E-state index contributed by atoms with van der Waals surface area (Å²) in [6.07, 6.45) is 4.91. The average molecular weight is 157 g/mol. The van der Waals surface area contributed by atoms with Crippen molar-refractivity contribution in [2.24, 2.45) is 11.3 Å². The van der Waals surface area contributed by atoms with Crippen LogP contribution in [0.2, 0.25) is 0 Å². The second-order valence-corrected chi connectivity index (χ2v) is 4.07. The van der Waals surface area contributed by atoms with E-state index in [9.17, 15) is 4.39 Å². The molecule has 0 aromatic carbocycles. The lowest BCUT2D eigenvalue weighted by Gasteiger charge is -2.35. The molecule has 0 bridgehead atoms. The molecule has 0 radical (unpaired) electrons. The Bertz CT molecular complexity index is 148. The summed E-state index contributed by atoms with van der Waals surface area (Å²) >= 11 is 0.